The van der Waals surface area contributed by atoms with Crippen LogP contribution in [0.4, 0.5) is 0 Å². The van der Waals surface area contributed by atoms with Crippen LogP contribution in [0.15, 0.2) is 0 Å². The predicted octanol–water partition coefficient (Wildman–Crippen LogP) is 1.19. The molecule has 0 heterocycles. The molecule has 0 aromatic carbocycles. The van der Waals surface area contributed by atoms with E-state index in [1.54, 1.807) is 0 Å². The zero-order valence-electron chi connectivity index (χ0n) is 12.6. The van der Waals surface area contributed by atoms with Crippen LogP contribution in [0.5, 0.6) is 0 Å². The van der Waals surface area contributed by atoms with E-state index in [1.807, 2.05) is 20.8 Å². The van der Waals surface area contributed by atoms with E-state index in [0.29, 0.717) is 39.0 Å². The molecule has 20 heavy (non-hydrogen) atoms. The van der Waals surface area contributed by atoms with Crippen molar-refractivity contribution in [2.45, 2.75) is 33.2 Å². The minimum atomic E-state index is -3.91. The summed E-state index contributed by atoms with van der Waals surface area (Å²) >= 11 is 0. The van der Waals surface area contributed by atoms with Gasteiger partial charge in [0.2, 0.25) is 0 Å². The fraction of sp³-hybridized carbons (Fsp3) is 1.00. The molecule has 122 valence electrons. The molecule has 9 heteroatoms. The SMILES string of the molecule is CCO[Si](CCCNCCP(=O)(O)O)(OCC)OCC. The van der Waals surface area contributed by atoms with Crippen molar-refractivity contribution in [1.29, 1.82) is 0 Å². The quantitative estimate of drug-likeness (QED) is 0.265. The topological polar surface area (TPSA) is 97.3 Å². The molecule has 7 nitrogen and oxygen atoms in total. The van der Waals surface area contributed by atoms with Crippen LogP contribution in [-0.2, 0) is 17.8 Å². The Labute approximate surface area is 122 Å². The van der Waals surface area contributed by atoms with Crippen molar-refractivity contribution in [2.24, 2.45) is 0 Å². The van der Waals surface area contributed by atoms with E-state index < -0.39 is 16.4 Å². The highest BCUT2D eigenvalue weighted by atomic mass is 31.2. The van der Waals surface area contributed by atoms with Crippen molar-refractivity contribution < 1.29 is 27.6 Å². The molecule has 0 aliphatic carbocycles. The van der Waals surface area contributed by atoms with E-state index in [1.165, 1.54) is 0 Å². The van der Waals surface area contributed by atoms with Crippen molar-refractivity contribution >= 4 is 16.4 Å². The van der Waals surface area contributed by atoms with Gasteiger partial charge in [-0.2, -0.15) is 0 Å². The van der Waals surface area contributed by atoms with E-state index in [9.17, 15) is 4.57 Å². The van der Waals surface area contributed by atoms with E-state index in [2.05, 4.69) is 5.32 Å². The van der Waals surface area contributed by atoms with Crippen molar-refractivity contribution in [3.05, 3.63) is 0 Å². The van der Waals surface area contributed by atoms with Gasteiger partial charge >= 0.3 is 16.4 Å². The van der Waals surface area contributed by atoms with Gasteiger partial charge in [0.25, 0.3) is 0 Å². The summed E-state index contributed by atoms with van der Waals surface area (Å²) in [6.07, 6.45) is 0.644. The molecule has 0 rings (SSSR count). The predicted molar refractivity (Wildman–Crippen MR) is 79.8 cm³/mol. The van der Waals surface area contributed by atoms with Gasteiger partial charge in [-0.3, -0.25) is 4.57 Å². The summed E-state index contributed by atoms with van der Waals surface area (Å²) < 4.78 is 27.8. The molecule has 0 spiro atoms. The third-order valence-corrected chi connectivity index (χ3v) is 6.47. The van der Waals surface area contributed by atoms with Gasteiger partial charge in [0.05, 0.1) is 6.16 Å². The Bertz CT molecular complexity index is 271. The molecule has 0 aliphatic heterocycles. The molecule has 0 unspecified atom stereocenters. The maximum Gasteiger partial charge on any atom is 0.500 e. The molecule has 0 amide bonds. The third kappa shape index (κ3) is 10.0. The molecule has 0 bridgehead atoms. The van der Waals surface area contributed by atoms with Crippen LogP contribution in [0, 0.1) is 0 Å². The summed E-state index contributed by atoms with van der Waals surface area (Å²) in [6, 6.07) is 0.700. The van der Waals surface area contributed by atoms with Crippen molar-refractivity contribution in [1.82, 2.24) is 5.32 Å². The Hall–Kier alpha value is 0.207. The third-order valence-electron chi connectivity index (χ3n) is 2.51. The summed E-state index contributed by atoms with van der Waals surface area (Å²) in [7, 11) is -6.49. The molecule has 0 fully saturated rings. The lowest BCUT2D eigenvalue weighted by Gasteiger charge is -2.28. The van der Waals surface area contributed by atoms with Gasteiger partial charge in [-0.1, -0.05) is 0 Å². The Morgan fingerprint density at radius 3 is 1.90 bits per heavy atom. The smallest absolute Gasteiger partial charge is 0.374 e. The van der Waals surface area contributed by atoms with Crippen LogP contribution in [0.1, 0.15) is 27.2 Å². The van der Waals surface area contributed by atoms with Gasteiger partial charge < -0.3 is 28.4 Å². The molecule has 0 aliphatic rings. The molecule has 0 saturated heterocycles. The van der Waals surface area contributed by atoms with E-state index in [4.69, 9.17) is 23.1 Å². The minimum Gasteiger partial charge on any atom is -0.374 e. The summed E-state index contributed by atoms with van der Waals surface area (Å²) in [5, 5.41) is 3.00. The largest absolute Gasteiger partial charge is 0.500 e. The van der Waals surface area contributed by atoms with Crippen molar-refractivity contribution in [3.63, 3.8) is 0 Å². The number of nitrogens with one attached hydrogen (secondary N) is 1. The zero-order chi connectivity index (χ0) is 15.5. The molecule has 0 aromatic heterocycles. The molecule has 0 radical (unpaired) electrons. The normalized spacial score (nSPS) is 12.8. The van der Waals surface area contributed by atoms with E-state index >= 15 is 0 Å². The fourth-order valence-electron chi connectivity index (χ4n) is 1.78. The second kappa shape index (κ2) is 10.9. The molecule has 0 saturated carbocycles. The highest BCUT2D eigenvalue weighted by Crippen LogP contribution is 2.32. The van der Waals surface area contributed by atoms with Crippen molar-refractivity contribution in [3.8, 4) is 0 Å². The van der Waals surface area contributed by atoms with Crippen LogP contribution < -0.4 is 5.32 Å². The first kappa shape index (κ1) is 20.2. The highest BCUT2D eigenvalue weighted by molar-refractivity contribution is 7.51. The van der Waals surface area contributed by atoms with Crippen LogP contribution in [-0.4, -0.2) is 57.7 Å². The fourth-order valence-corrected chi connectivity index (χ4v) is 4.84. The van der Waals surface area contributed by atoms with E-state index in [0.717, 1.165) is 6.42 Å². The second-order valence-electron chi connectivity index (χ2n) is 4.22. The summed E-state index contributed by atoms with van der Waals surface area (Å²) in [5.74, 6) is 0. The second-order valence-corrected chi connectivity index (χ2v) is 8.73. The first-order valence-electron chi connectivity index (χ1n) is 7.06. The highest BCUT2D eigenvalue weighted by Gasteiger charge is 2.39. The monoisotopic (exact) mass is 329 g/mol. The van der Waals surface area contributed by atoms with Crippen LogP contribution >= 0.6 is 7.60 Å². The van der Waals surface area contributed by atoms with Crippen LogP contribution in [0.2, 0.25) is 6.04 Å². The first-order chi connectivity index (χ1) is 9.39. The molecular weight excluding hydrogens is 301 g/mol. The lowest BCUT2D eigenvalue weighted by Crippen LogP contribution is -2.46. The average molecular weight is 329 g/mol. The van der Waals surface area contributed by atoms with Gasteiger partial charge in [-0.15, -0.1) is 0 Å². The van der Waals surface area contributed by atoms with Crippen LogP contribution in [0.25, 0.3) is 0 Å². The summed E-state index contributed by atoms with van der Waals surface area (Å²) in [6.45, 7) is 8.36. The van der Waals surface area contributed by atoms with Crippen molar-refractivity contribution in [2.75, 3.05) is 39.1 Å². The Morgan fingerprint density at radius 2 is 1.50 bits per heavy atom. The van der Waals surface area contributed by atoms with Gasteiger partial charge in [-0.05, 0) is 33.7 Å². The summed E-state index contributed by atoms with van der Waals surface area (Å²) in [5.41, 5.74) is 0. The van der Waals surface area contributed by atoms with Crippen LogP contribution in [0.3, 0.4) is 0 Å². The van der Waals surface area contributed by atoms with Gasteiger partial charge in [0, 0.05) is 32.4 Å². The molecule has 3 N–H and O–H groups in total. The maximum atomic E-state index is 10.7. The Kier molecular flexibility index (Phi) is 11.0. The average Bonchev–Trinajstić information content (AvgIpc) is 2.33. The zero-order valence-corrected chi connectivity index (χ0v) is 14.5. The van der Waals surface area contributed by atoms with Gasteiger partial charge in [-0.25, -0.2) is 0 Å². The number of rotatable bonds is 13. The van der Waals surface area contributed by atoms with E-state index in [-0.39, 0.29) is 6.16 Å². The standard InChI is InChI=1S/C11H28NO6PSi/c1-4-16-20(17-5-2,18-6-3)11-7-8-12-9-10-19(13,14)15/h12H,4-11H2,1-3H3,(H2,13,14,15). The minimum absolute atomic E-state index is 0.141. The lowest BCUT2D eigenvalue weighted by molar-refractivity contribution is 0.0708. The number of hydrogen-bond acceptors (Lipinski definition) is 5. The summed E-state index contributed by atoms with van der Waals surface area (Å²) in [4.78, 5) is 17.5. The van der Waals surface area contributed by atoms with Gasteiger partial charge in [0.15, 0.2) is 0 Å². The first-order valence-corrected chi connectivity index (χ1v) is 10.8. The molecule has 0 atom stereocenters. The molecular formula is C11H28NO6PSi. The molecule has 0 aromatic rings. The van der Waals surface area contributed by atoms with Gasteiger partial charge in [0.1, 0.15) is 0 Å². The Morgan fingerprint density at radius 1 is 1.00 bits per heavy atom. The Balaban J connectivity index is 4.03. The lowest BCUT2D eigenvalue weighted by atomic mass is 10.5. The number of hydrogen-bond donors (Lipinski definition) is 3. The maximum absolute atomic E-state index is 10.7.